The largest absolute Gasteiger partial charge is 0.384 e. The van der Waals surface area contributed by atoms with Crippen LogP contribution in [0.15, 0.2) is 54.6 Å². The number of hydrogen-bond donors (Lipinski definition) is 2. The molecule has 0 bridgehead atoms. The van der Waals surface area contributed by atoms with Gasteiger partial charge in [-0.05, 0) is 29.8 Å². The van der Waals surface area contributed by atoms with Crippen LogP contribution >= 0.6 is 23.2 Å². The lowest BCUT2D eigenvalue weighted by molar-refractivity contribution is 1.04. The molecule has 0 unspecified atom stereocenters. The zero-order valence-corrected chi connectivity index (χ0v) is 13.6. The summed E-state index contributed by atoms with van der Waals surface area (Å²) < 4.78 is 0. The highest BCUT2D eigenvalue weighted by Crippen LogP contribution is 2.27. The van der Waals surface area contributed by atoms with Gasteiger partial charge in [-0.2, -0.15) is 4.98 Å². The van der Waals surface area contributed by atoms with E-state index in [-0.39, 0.29) is 0 Å². The van der Waals surface area contributed by atoms with Crippen molar-refractivity contribution in [1.82, 2.24) is 9.97 Å². The maximum Gasteiger partial charge on any atom is 0.229 e. The SMILES string of the molecule is Nc1cc(Cc2c(Cl)cccc2Cl)nc(Nc2ccccc2)n1. The minimum absolute atomic E-state index is 0.386. The number of nitrogens with two attached hydrogens (primary N) is 1. The van der Waals surface area contributed by atoms with Gasteiger partial charge in [-0.3, -0.25) is 0 Å². The number of aromatic nitrogens is 2. The molecule has 0 aliphatic carbocycles. The summed E-state index contributed by atoms with van der Waals surface area (Å²) in [5, 5.41) is 4.34. The molecule has 23 heavy (non-hydrogen) atoms. The third-order valence-corrected chi connectivity index (χ3v) is 3.96. The molecule has 4 nitrogen and oxygen atoms in total. The van der Waals surface area contributed by atoms with E-state index >= 15 is 0 Å². The average molecular weight is 345 g/mol. The highest BCUT2D eigenvalue weighted by molar-refractivity contribution is 6.36. The van der Waals surface area contributed by atoms with Crippen LogP contribution in [0.3, 0.4) is 0 Å². The lowest BCUT2D eigenvalue weighted by Crippen LogP contribution is -2.04. The molecular weight excluding hydrogens is 331 g/mol. The second-order valence-corrected chi connectivity index (χ2v) is 5.79. The fourth-order valence-corrected chi connectivity index (χ4v) is 2.73. The summed E-state index contributed by atoms with van der Waals surface area (Å²) in [6.07, 6.45) is 0.481. The first-order valence-electron chi connectivity index (χ1n) is 7.00. The van der Waals surface area contributed by atoms with Crippen molar-refractivity contribution >= 4 is 40.7 Å². The summed E-state index contributed by atoms with van der Waals surface area (Å²) >= 11 is 12.4. The van der Waals surface area contributed by atoms with Crippen molar-refractivity contribution in [2.45, 2.75) is 6.42 Å². The molecule has 0 spiro atoms. The monoisotopic (exact) mass is 344 g/mol. The van der Waals surface area contributed by atoms with Gasteiger partial charge in [-0.1, -0.05) is 47.5 Å². The van der Waals surface area contributed by atoms with Gasteiger partial charge in [0.15, 0.2) is 0 Å². The Balaban J connectivity index is 1.89. The number of halogens is 2. The first-order valence-corrected chi connectivity index (χ1v) is 7.76. The maximum atomic E-state index is 6.21. The molecule has 0 aliphatic heterocycles. The van der Waals surface area contributed by atoms with Crippen molar-refractivity contribution in [2.75, 3.05) is 11.1 Å². The smallest absolute Gasteiger partial charge is 0.229 e. The predicted molar refractivity (Wildman–Crippen MR) is 95.4 cm³/mol. The lowest BCUT2D eigenvalue weighted by Gasteiger charge is -2.10. The number of benzene rings is 2. The molecule has 0 aliphatic rings. The van der Waals surface area contributed by atoms with Gasteiger partial charge in [0.05, 0.1) is 5.69 Å². The molecule has 1 heterocycles. The molecule has 0 saturated carbocycles. The summed E-state index contributed by atoms with van der Waals surface area (Å²) in [7, 11) is 0. The Labute approximate surface area is 144 Å². The summed E-state index contributed by atoms with van der Waals surface area (Å²) in [5.41, 5.74) is 8.34. The molecule has 0 amide bonds. The number of anilines is 3. The first-order chi connectivity index (χ1) is 11.1. The Morgan fingerprint density at radius 2 is 1.61 bits per heavy atom. The minimum Gasteiger partial charge on any atom is -0.384 e. The first kappa shape index (κ1) is 15.6. The van der Waals surface area contributed by atoms with Gasteiger partial charge in [0.2, 0.25) is 5.95 Å². The number of hydrogen-bond acceptors (Lipinski definition) is 4. The quantitative estimate of drug-likeness (QED) is 0.719. The number of nitrogen functional groups attached to an aromatic ring is 1. The zero-order valence-electron chi connectivity index (χ0n) is 12.1. The van der Waals surface area contributed by atoms with Gasteiger partial charge in [0.25, 0.3) is 0 Å². The van der Waals surface area contributed by atoms with Crippen LogP contribution in [0.2, 0.25) is 10.0 Å². The van der Waals surface area contributed by atoms with E-state index in [1.54, 1.807) is 18.2 Å². The van der Waals surface area contributed by atoms with Crippen LogP contribution in [0.1, 0.15) is 11.3 Å². The van der Waals surface area contributed by atoms with E-state index in [9.17, 15) is 0 Å². The van der Waals surface area contributed by atoms with Gasteiger partial charge < -0.3 is 11.1 Å². The van der Waals surface area contributed by atoms with Crippen molar-refractivity contribution in [3.8, 4) is 0 Å². The van der Waals surface area contributed by atoms with Crippen LogP contribution in [-0.4, -0.2) is 9.97 Å². The molecule has 3 N–H and O–H groups in total. The van der Waals surface area contributed by atoms with E-state index in [0.717, 1.165) is 16.9 Å². The Morgan fingerprint density at radius 3 is 2.30 bits per heavy atom. The summed E-state index contributed by atoms with van der Waals surface area (Å²) in [5.74, 6) is 0.825. The van der Waals surface area contributed by atoms with E-state index < -0.39 is 0 Å². The van der Waals surface area contributed by atoms with Crippen molar-refractivity contribution in [3.05, 3.63) is 75.9 Å². The van der Waals surface area contributed by atoms with E-state index in [1.807, 2.05) is 36.4 Å². The van der Waals surface area contributed by atoms with Gasteiger partial charge in [-0.15, -0.1) is 0 Å². The molecule has 1 aromatic heterocycles. The summed E-state index contributed by atoms with van der Waals surface area (Å²) in [6.45, 7) is 0. The highest BCUT2D eigenvalue weighted by atomic mass is 35.5. The van der Waals surface area contributed by atoms with Crippen LogP contribution < -0.4 is 11.1 Å². The molecule has 6 heteroatoms. The van der Waals surface area contributed by atoms with Gasteiger partial charge in [-0.25, -0.2) is 4.98 Å². The fourth-order valence-electron chi connectivity index (χ4n) is 2.20. The Morgan fingerprint density at radius 1 is 0.913 bits per heavy atom. The van der Waals surface area contributed by atoms with Gasteiger partial charge in [0.1, 0.15) is 5.82 Å². The molecule has 0 atom stereocenters. The number of nitrogens with zero attached hydrogens (tertiary/aromatic N) is 2. The molecule has 116 valence electrons. The molecular formula is C17H14Cl2N4. The summed E-state index contributed by atoms with van der Waals surface area (Å²) in [6, 6.07) is 16.8. The van der Waals surface area contributed by atoms with Crippen LogP contribution in [0.5, 0.6) is 0 Å². The summed E-state index contributed by atoms with van der Waals surface area (Å²) in [4.78, 5) is 8.69. The van der Waals surface area contributed by atoms with E-state index in [2.05, 4.69) is 15.3 Å². The third-order valence-electron chi connectivity index (χ3n) is 3.25. The van der Waals surface area contributed by atoms with Crippen LogP contribution in [0.25, 0.3) is 0 Å². The highest BCUT2D eigenvalue weighted by Gasteiger charge is 2.10. The van der Waals surface area contributed by atoms with Crippen LogP contribution in [-0.2, 0) is 6.42 Å². The Kier molecular flexibility index (Phi) is 4.65. The van der Waals surface area contributed by atoms with Crippen molar-refractivity contribution in [2.24, 2.45) is 0 Å². The Hall–Kier alpha value is -2.30. The van der Waals surface area contributed by atoms with Gasteiger partial charge in [0, 0.05) is 28.2 Å². The number of para-hydroxylation sites is 1. The average Bonchev–Trinajstić information content (AvgIpc) is 2.51. The van der Waals surface area contributed by atoms with E-state index in [4.69, 9.17) is 28.9 Å². The molecule has 0 saturated heterocycles. The number of rotatable bonds is 4. The molecule has 3 aromatic rings. The number of nitrogens with one attached hydrogen (secondary N) is 1. The van der Waals surface area contributed by atoms with Crippen LogP contribution in [0, 0.1) is 0 Å². The topological polar surface area (TPSA) is 63.8 Å². The Bertz CT molecular complexity index is 802. The molecule has 3 rings (SSSR count). The molecule has 0 fully saturated rings. The lowest BCUT2D eigenvalue weighted by atomic mass is 10.1. The third kappa shape index (κ3) is 3.92. The zero-order chi connectivity index (χ0) is 16.2. The fraction of sp³-hybridized carbons (Fsp3) is 0.0588. The standard InChI is InChI=1S/C17H14Cl2N4/c18-14-7-4-8-15(19)13(14)9-12-10-16(20)23-17(22-12)21-11-5-2-1-3-6-11/h1-8,10H,9H2,(H3,20,21,22,23). The second kappa shape index (κ2) is 6.86. The van der Waals surface area contributed by atoms with E-state index in [1.165, 1.54) is 0 Å². The van der Waals surface area contributed by atoms with Crippen LogP contribution in [0.4, 0.5) is 17.5 Å². The normalized spacial score (nSPS) is 10.5. The minimum atomic E-state index is 0.386. The van der Waals surface area contributed by atoms with Crippen molar-refractivity contribution in [3.63, 3.8) is 0 Å². The van der Waals surface area contributed by atoms with Crippen molar-refractivity contribution in [1.29, 1.82) is 0 Å². The predicted octanol–water partition coefficient (Wildman–Crippen LogP) is 4.70. The molecule has 0 radical (unpaired) electrons. The second-order valence-electron chi connectivity index (χ2n) is 4.98. The van der Waals surface area contributed by atoms with Gasteiger partial charge >= 0.3 is 0 Å². The van der Waals surface area contributed by atoms with Crippen molar-refractivity contribution < 1.29 is 0 Å². The van der Waals surface area contributed by atoms with E-state index in [0.29, 0.717) is 28.2 Å². The maximum absolute atomic E-state index is 6.21. The molecule has 2 aromatic carbocycles.